The minimum absolute atomic E-state index is 0.0518. The van der Waals surface area contributed by atoms with Crippen molar-refractivity contribution in [2.24, 2.45) is 5.92 Å². The summed E-state index contributed by atoms with van der Waals surface area (Å²) in [6.45, 7) is 4.48. The van der Waals surface area contributed by atoms with Crippen molar-refractivity contribution in [3.8, 4) is 0 Å². The number of hydrogen-bond donors (Lipinski definition) is 1. The van der Waals surface area contributed by atoms with Crippen molar-refractivity contribution in [2.45, 2.75) is 38.2 Å². The molecule has 0 atom stereocenters. The summed E-state index contributed by atoms with van der Waals surface area (Å²) in [7, 11) is -0.680. The van der Waals surface area contributed by atoms with Crippen LogP contribution in [0.25, 0.3) is 0 Å². The molecule has 1 aliphatic carbocycles. The number of aliphatic hydroxyl groups is 1. The van der Waals surface area contributed by atoms with Crippen LogP contribution < -0.4 is 0 Å². The minimum atomic E-state index is -0.693. The van der Waals surface area contributed by atoms with E-state index in [2.05, 4.69) is 4.90 Å². The third-order valence-corrected chi connectivity index (χ3v) is 5.60. The molecule has 0 aromatic heterocycles. The molecule has 0 unspecified atom stereocenters. The first-order valence-corrected chi connectivity index (χ1v) is 8.97. The van der Waals surface area contributed by atoms with Gasteiger partial charge in [-0.15, -0.1) is 0 Å². The van der Waals surface area contributed by atoms with Crippen LogP contribution in [-0.2, 0) is 20.3 Å². The fraction of sp³-hybridized carbons (Fsp3) is 0.929. The molecule has 116 valence electrons. The monoisotopic (exact) mass is 303 g/mol. The van der Waals surface area contributed by atoms with E-state index in [4.69, 9.17) is 4.74 Å². The number of nitrogens with zero attached hydrogens (tertiary/aromatic N) is 1. The predicted molar refractivity (Wildman–Crippen MR) is 77.9 cm³/mol. The van der Waals surface area contributed by atoms with Crippen LogP contribution in [0, 0.1) is 5.92 Å². The smallest absolute Gasteiger partial charge is 0.308 e. The van der Waals surface area contributed by atoms with E-state index in [1.54, 1.807) is 0 Å². The molecule has 2 aliphatic rings. The fourth-order valence-corrected chi connectivity index (χ4v) is 4.19. The van der Waals surface area contributed by atoms with Gasteiger partial charge < -0.3 is 9.84 Å². The van der Waals surface area contributed by atoms with Crippen LogP contribution in [0.2, 0.25) is 0 Å². The Balaban J connectivity index is 1.79. The average Bonchev–Trinajstić information content (AvgIpc) is 2.42. The van der Waals surface area contributed by atoms with Crippen molar-refractivity contribution >= 4 is 16.8 Å². The van der Waals surface area contributed by atoms with Gasteiger partial charge in [0.05, 0.1) is 18.1 Å². The predicted octanol–water partition coefficient (Wildman–Crippen LogP) is 0.535. The zero-order valence-electron chi connectivity index (χ0n) is 12.2. The molecule has 2 fully saturated rings. The van der Waals surface area contributed by atoms with E-state index < -0.39 is 16.4 Å². The van der Waals surface area contributed by atoms with Crippen molar-refractivity contribution in [1.82, 2.24) is 4.90 Å². The molecule has 2 rings (SSSR count). The Bertz CT molecular complexity index is 356. The van der Waals surface area contributed by atoms with Crippen molar-refractivity contribution < 1.29 is 18.8 Å². The Kier molecular flexibility index (Phi) is 5.57. The van der Waals surface area contributed by atoms with Gasteiger partial charge in [-0.2, -0.15) is 0 Å². The summed E-state index contributed by atoms with van der Waals surface area (Å²) in [6.07, 6.45) is 2.70. The standard InChI is InChI=1S/C14H25NO4S/c1-2-19-13(16)12-3-5-14(17,6-4-12)11-15-7-9-20(18)10-8-15/h12,17H,2-11H2,1H3. The van der Waals surface area contributed by atoms with E-state index in [1.807, 2.05) is 6.92 Å². The van der Waals surface area contributed by atoms with E-state index >= 15 is 0 Å². The number of esters is 1. The van der Waals surface area contributed by atoms with Crippen LogP contribution in [0.4, 0.5) is 0 Å². The van der Waals surface area contributed by atoms with Gasteiger partial charge in [0.15, 0.2) is 0 Å². The van der Waals surface area contributed by atoms with Crippen LogP contribution >= 0.6 is 0 Å². The summed E-state index contributed by atoms with van der Waals surface area (Å²) >= 11 is 0. The SMILES string of the molecule is CCOC(=O)C1CCC(O)(CN2CCS(=O)CC2)CC1. The van der Waals surface area contributed by atoms with Gasteiger partial charge in [-0.05, 0) is 32.6 Å². The number of rotatable bonds is 4. The largest absolute Gasteiger partial charge is 0.466 e. The summed E-state index contributed by atoms with van der Waals surface area (Å²) in [4.78, 5) is 13.9. The molecule has 0 aromatic carbocycles. The van der Waals surface area contributed by atoms with E-state index in [-0.39, 0.29) is 11.9 Å². The average molecular weight is 303 g/mol. The number of ether oxygens (including phenoxy) is 1. The quantitative estimate of drug-likeness (QED) is 0.768. The maximum absolute atomic E-state index is 11.7. The van der Waals surface area contributed by atoms with Gasteiger partial charge >= 0.3 is 5.97 Å². The minimum Gasteiger partial charge on any atom is -0.466 e. The van der Waals surface area contributed by atoms with Gasteiger partial charge in [0.25, 0.3) is 0 Å². The molecule has 0 amide bonds. The highest BCUT2D eigenvalue weighted by atomic mass is 32.2. The lowest BCUT2D eigenvalue weighted by Crippen LogP contribution is -2.49. The third kappa shape index (κ3) is 4.27. The molecule has 0 radical (unpaired) electrons. The summed E-state index contributed by atoms with van der Waals surface area (Å²) in [6, 6.07) is 0. The topological polar surface area (TPSA) is 66.8 Å². The van der Waals surface area contributed by atoms with Gasteiger partial charge in [0, 0.05) is 41.9 Å². The van der Waals surface area contributed by atoms with Gasteiger partial charge in [-0.1, -0.05) is 0 Å². The van der Waals surface area contributed by atoms with Crippen molar-refractivity contribution in [3.05, 3.63) is 0 Å². The van der Waals surface area contributed by atoms with E-state index in [9.17, 15) is 14.1 Å². The molecule has 1 N–H and O–H groups in total. The lowest BCUT2D eigenvalue weighted by atomic mass is 9.78. The highest BCUT2D eigenvalue weighted by molar-refractivity contribution is 7.85. The Morgan fingerprint density at radius 3 is 2.50 bits per heavy atom. The van der Waals surface area contributed by atoms with E-state index in [0.717, 1.165) is 13.1 Å². The Labute approximate surface area is 123 Å². The molecule has 1 saturated heterocycles. The summed E-state index contributed by atoms with van der Waals surface area (Å²) in [5, 5.41) is 10.6. The molecular weight excluding hydrogens is 278 g/mol. The summed E-state index contributed by atoms with van der Waals surface area (Å²) in [5.41, 5.74) is -0.693. The second-order valence-corrected chi connectivity index (χ2v) is 7.57. The highest BCUT2D eigenvalue weighted by Gasteiger charge is 2.37. The third-order valence-electron chi connectivity index (χ3n) is 4.32. The first-order valence-electron chi connectivity index (χ1n) is 7.49. The second kappa shape index (κ2) is 7.00. The summed E-state index contributed by atoms with van der Waals surface area (Å²) in [5.74, 6) is 1.25. The molecule has 1 aliphatic heterocycles. The van der Waals surface area contributed by atoms with Crippen molar-refractivity contribution in [1.29, 1.82) is 0 Å². The maximum atomic E-state index is 11.7. The molecule has 5 nitrogen and oxygen atoms in total. The van der Waals surface area contributed by atoms with Gasteiger partial charge in [0.2, 0.25) is 0 Å². The maximum Gasteiger partial charge on any atom is 0.308 e. The van der Waals surface area contributed by atoms with E-state index in [0.29, 0.717) is 50.3 Å². The lowest BCUT2D eigenvalue weighted by Gasteiger charge is -2.39. The number of carbonyl (C=O) groups is 1. The summed E-state index contributed by atoms with van der Waals surface area (Å²) < 4.78 is 16.4. The Hall–Kier alpha value is -0.460. The first-order chi connectivity index (χ1) is 9.52. The van der Waals surface area contributed by atoms with Crippen LogP contribution in [0.5, 0.6) is 0 Å². The molecule has 0 aromatic rings. The molecule has 1 heterocycles. The first kappa shape index (κ1) is 15.9. The van der Waals surface area contributed by atoms with Gasteiger partial charge in [-0.25, -0.2) is 0 Å². The Morgan fingerprint density at radius 1 is 1.35 bits per heavy atom. The molecule has 1 saturated carbocycles. The van der Waals surface area contributed by atoms with Crippen LogP contribution in [0.3, 0.4) is 0 Å². The Morgan fingerprint density at radius 2 is 1.95 bits per heavy atom. The van der Waals surface area contributed by atoms with Crippen LogP contribution in [0.15, 0.2) is 0 Å². The number of hydrogen-bond acceptors (Lipinski definition) is 5. The number of β-amino-alcohol motifs (C(OH)–C–C–N with tert-alkyl or cyclic N) is 1. The molecule has 0 spiro atoms. The van der Waals surface area contributed by atoms with Crippen LogP contribution in [0.1, 0.15) is 32.6 Å². The van der Waals surface area contributed by atoms with Crippen molar-refractivity contribution in [2.75, 3.05) is 37.7 Å². The van der Waals surface area contributed by atoms with Crippen LogP contribution in [-0.4, -0.2) is 63.5 Å². The highest BCUT2D eigenvalue weighted by Crippen LogP contribution is 2.33. The molecule has 20 heavy (non-hydrogen) atoms. The van der Waals surface area contributed by atoms with Crippen molar-refractivity contribution in [3.63, 3.8) is 0 Å². The molecular formula is C14H25NO4S. The number of carbonyl (C=O) groups excluding carboxylic acids is 1. The molecule has 6 heteroatoms. The van der Waals surface area contributed by atoms with E-state index in [1.165, 1.54) is 0 Å². The second-order valence-electron chi connectivity index (χ2n) is 5.87. The zero-order chi connectivity index (χ0) is 14.6. The normalized spacial score (nSPS) is 33.0. The van der Waals surface area contributed by atoms with Gasteiger partial charge in [0.1, 0.15) is 0 Å². The fourth-order valence-electron chi connectivity index (χ4n) is 3.06. The zero-order valence-corrected chi connectivity index (χ0v) is 13.0. The molecule has 0 bridgehead atoms. The van der Waals surface area contributed by atoms with Gasteiger partial charge in [-0.3, -0.25) is 13.9 Å². The lowest BCUT2D eigenvalue weighted by molar-refractivity contribution is -0.151.